The summed E-state index contributed by atoms with van der Waals surface area (Å²) in [7, 11) is 0. The molecule has 0 saturated heterocycles. The number of rotatable bonds is 5. The van der Waals surface area contributed by atoms with Crippen LogP contribution in [-0.4, -0.2) is 20.7 Å². The van der Waals surface area contributed by atoms with E-state index >= 15 is 0 Å². The molecule has 2 aliphatic rings. The topological polar surface area (TPSA) is 28.7 Å². The molecule has 0 unspecified atom stereocenters. The number of hydrogen-bond acceptors (Lipinski definition) is 3. The third-order valence-electron chi connectivity index (χ3n) is 12.5. The summed E-state index contributed by atoms with van der Waals surface area (Å²) in [5.74, 6) is 0.908. The lowest BCUT2D eigenvalue weighted by Crippen LogP contribution is -2.64. The zero-order valence-corrected chi connectivity index (χ0v) is 32.3. The molecule has 0 radical (unpaired) electrons. The van der Waals surface area contributed by atoms with Gasteiger partial charge in [0.15, 0.2) is 0 Å². The van der Waals surface area contributed by atoms with Crippen molar-refractivity contribution in [3.8, 4) is 5.69 Å². The number of benzene rings is 8. The van der Waals surface area contributed by atoms with Gasteiger partial charge in [-0.15, -0.1) is 0 Å². The lowest BCUT2D eigenvalue weighted by atomic mass is 9.30. The number of anilines is 6. The normalized spacial score (nSPS) is 13.8. The largest absolute Gasteiger partial charge is 0.311 e. The number of para-hydroxylation sites is 6. The average Bonchev–Trinajstić information content (AvgIpc) is 3.80. The summed E-state index contributed by atoms with van der Waals surface area (Å²) < 4.78 is 4.69. The molecule has 6 heteroatoms. The zero-order valence-electron chi connectivity index (χ0n) is 32.3. The molecule has 0 atom stereocenters. The number of aromatic nitrogens is 3. The van der Waals surface area contributed by atoms with Crippen LogP contribution in [-0.2, 0) is 5.41 Å². The minimum absolute atomic E-state index is 0.00875. The van der Waals surface area contributed by atoms with Crippen molar-refractivity contribution in [3.05, 3.63) is 205 Å². The predicted octanol–water partition coefficient (Wildman–Crippen LogP) is 10.8. The quantitative estimate of drug-likeness (QED) is 0.164. The Morgan fingerprint density at radius 2 is 1.12 bits per heavy atom. The van der Waals surface area contributed by atoms with Crippen molar-refractivity contribution >= 4 is 85.1 Å². The van der Waals surface area contributed by atoms with E-state index in [0.29, 0.717) is 0 Å². The van der Waals surface area contributed by atoms with Crippen molar-refractivity contribution in [2.75, 3.05) is 9.80 Å². The van der Waals surface area contributed by atoms with Gasteiger partial charge in [0.25, 0.3) is 0 Å². The molecule has 0 N–H and O–H groups in total. The highest BCUT2D eigenvalue weighted by atomic mass is 15.2. The van der Waals surface area contributed by atoms with Gasteiger partial charge < -0.3 is 9.80 Å². The second kappa shape index (κ2) is 12.3. The monoisotopic (exact) mass is 743 g/mol. The minimum Gasteiger partial charge on any atom is -0.311 e. The molecule has 5 nitrogen and oxygen atoms in total. The fraction of sp³-hybridized carbons (Fsp3) is 0.0577. The Bertz CT molecular complexity index is 3170. The Hall–Kier alpha value is -7.31. The van der Waals surface area contributed by atoms with Gasteiger partial charge in [-0.3, -0.25) is 8.97 Å². The molecule has 8 aromatic carbocycles. The van der Waals surface area contributed by atoms with E-state index in [0.717, 1.165) is 56.3 Å². The molecule has 0 spiro atoms. The Labute approximate surface area is 337 Å². The van der Waals surface area contributed by atoms with Gasteiger partial charge in [0.05, 0.1) is 22.1 Å². The summed E-state index contributed by atoms with van der Waals surface area (Å²) in [6, 6.07) is 70.5. The molecule has 58 heavy (non-hydrogen) atoms. The van der Waals surface area contributed by atoms with Crippen LogP contribution >= 0.6 is 0 Å². The van der Waals surface area contributed by atoms with Crippen LogP contribution in [0.4, 0.5) is 34.1 Å². The van der Waals surface area contributed by atoms with Crippen LogP contribution in [0.3, 0.4) is 0 Å². The van der Waals surface area contributed by atoms with E-state index in [2.05, 4.69) is 227 Å². The first kappa shape index (κ1) is 32.9. The van der Waals surface area contributed by atoms with Gasteiger partial charge in [-0.05, 0) is 113 Å². The second-order valence-corrected chi connectivity index (χ2v) is 16.1. The van der Waals surface area contributed by atoms with Gasteiger partial charge in [-0.2, -0.15) is 0 Å². The second-order valence-electron chi connectivity index (χ2n) is 16.1. The van der Waals surface area contributed by atoms with E-state index in [-0.39, 0.29) is 12.1 Å². The lowest BCUT2D eigenvalue weighted by molar-refractivity contribution is 0.646. The van der Waals surface area contributed by atoms with Gasteiger partial charge in [0.2, 0.25) is 12.5 Å². The molecule has 0 fully saturated rings. The van der Waals surface area contributed by atoms with Crippen LogP contribution in [0.1, 0.15) is 25.0 Å². The Morgan fingerprint density at radius 3 is 1.83 bits per heavy atom. The summed E-state index contributed by atoms with van der Waals surface area (Å²) >= 11 is 0. The van der Waals surface area contributed by atoms with Crippen LogP contribution < -0.4 is 26.2 Å². The highest BCUT2D eigenvalue weighted by Crippen LogP contribution is 2.45. The van der Waals surface area contributed by atoms with E-state index < -0.39 is 0 Å². The zero-order chi connectivity index (χ0) is 38.5. The van der Waals surface area contributed by atoms with Crippen molar-refractivity contribution in [1.29, 1.82) is 0 Å². The van der Waals surface area contributed by atoms with E-state index in [1.165, 1.54) is 38.9 Å². The Morgan fingerprint density at radius 1 is 0.483 bits per heavy atom. The molecule has 10 aromatic rings. The van der Waals surface area contributed by atoms with Crippen molar-refractivity contribution in [1.82, 2.24) is 14.0 Å². The van der Waals surface area contributed by atoms with Gasteiger partial charge >= 0.3 is 0 Å². The fourth-order valence-electron chi connectivity index (χ4n) is 9.99. The number of imidazole rings is 2. The maximum atomic E-state index is 5.28. The summed E-state index contributed by atoms with van der Waals surface area (Å²) in [5, 5.41) is 0. The van der Waals surface area contributed by atoms with Crippen molar-refractivity contribution in [3.63, 3.8) is 0 Å². The van der Waals surface area contributed by atoms with E-state index in [9.17, 15) is 0 Å². The average molecular weight is 744 g/mol. The van der Waals surface area contributed by atoms with E-state index in [1.54, 1.807) is 0 Å². The Balaban J connectivity index is 1.17. The molecule has 0 amide bonds. The first-order chi connectivity index (χ1) is 28.6. The Kier molecular flexibility index (Phi) is 7.00. The lowest BCUT2D eigenvalue weighted by Gasteiger charge is -2.45. The van der Waals surface area contributed by atoms with Crippen LogP contribution in [0.15, 0.2) is 194 Å². The molecule has 4 heterocycles. The first-order valence-electron chi connectivity index (χ1n) is 20.1. The van der Waals surface area contributed by atoms with Crippen LogP contribution in [0, 0.1) is 0 Å². The molecular weight excluding hydrogens is 705 g/mol. The molecular formula is C52H38BN5. The molecule has 12 rings (SSSR count). The number of nitrogens with zero attached hydrogens (tertiary/aromatic N) is 5. The predicted molar refractivity (Wildman–Crippen MR) is 242 cm³/mol. The summed E-state index contributed by atoms with van der Waals surface area (Å²) in [6.07, 6.45) is 0. The number of fused-ring (bicyclic) bond motifs is 9. The van der Waals surface area contributed by atoms with Gasteiger partial charge in [0, 0.05) is 45.2 Å². The maximum absolute atomic E-state index is 5.28. The van der Waals surface area contributed by atoms with Crippen molar-refractivity contribution < 1.29 is 0 Å². The molecule has 274 valence electrons. The first-order valence-corrected chi connectivity index (χ1v) is 20.1. The fourth-order valence-corrected chi connectivity index (χ4v) is 9.99. The third kappa shape index (κ3) is 4.63. The van der Waals surface area contributed by atoms with Crippen LogP contribution in [0.2, 0.25) is 0 Å². The smallest absolute Gasteiger partial charge is 0.247 e. The molecule has 0 bridgehead atoms. The molecule has 2 aliphatic heterocycles. The van der Waals surface area contributed by atoms with Crippen molar-refractivity contribution in [2.45, 2.75) is 19.3 Å². The highest BCUT2D eigenvalue weighted by molar-refractivity contribution is 6.99. The summed E-state index contributed by atoms with van der Waals surface area (Å²) in [6.45, 7) is 4.82. The summed E-state index contributed by atoms with van der Waals surface area (Å²) in [5.41, 5.74) is 18.8. The summed E-state index contributed by atoms with van der Waals surface area (Å²) in [4.78, 5) is 10.2. The highest BCUT2D eigenvalue weighted by Gasteiger charge is 2.46. The van der Waals surface area contributed by atoms with Gasteiger partial charge in [0.1, 0.15) is 0 Å². The SMILES string of the molecule is CC1(C)c2cc(N(c3ccccc3)c3ccccc3)ccc2B2c3cc4c(cc3N(c3ccccc3)c3cccc1c32)n(-c1ccccc1)c1nc2ccccc2n41. The standard InChI is InChI=1S/C52H38BN5/c1-52(2)40-26-17-29-46-50(40)53(42-31-30-39(32-41(42)52)55(35-18-7-3-8-19-35)36-20-9-4-10-21-36)43-33-48-49(34-47(43)56(46)37-22-11-5-12-23-37)57(38-24-13-6-14-25-38)51-54-44-27-15-16-28-45(44)58(48)51/h3-34H,1-2H3. The van der Waals surface area contributed by atoms with Crippen molar-refractivity contribution in [2.24, 2.45) is 0 Å². The van der Waals surface area contributed by atoms with E-state index in [1.807, 2.05) is 0 Å². The number of hydrogen-bond donors (Lipinski definition) is 0. The van der Waals surface area contributed by atoms with Gasteiger partial charge in [-0.25, -0.2) is 4.98 Å². The van der Waals surface area contributed by atoms with Gasteiger partial charge in [-0.1, -0.05) is 122 Å². The minimum atomic E-state index is -0.277. The molecule has 0 aliphatic carbocycles. The van der Waals surface area contributed by atoms with E-state index in [4.69, 9.17) is 4.98 Å². The van der Waals surface area contributed by atoms with Crippen LogP contribution in [0.5, 0.6) is 0 Å². The maximum Gasteiger partial charge on any atom is 0.247 e. The third-order valence-corrected chi connectivity index (χ3v) is 12.5. The molecule has 2 aromatic heterocycles. The molecule has 0 saturated carbocycles. The van der Waals surface area contributed by atoms with Crippen LogP contribution in [0.25, 0.3) is 33.5 Å².